The molecule has 0 aromatic carbocycles. The molecule has 56 valence electrons. The lowest BCUT2D eigenvalue weighted by Gasteiger charge is -2.26. The Morgan fingerprint density at radius 2 is 2.10 bits per heavy atom. The van der Waals surface area contributed by atoms with Gasteiger partial charge in [-0.05, 0) is 55.3 Å². The summed E-state index contributed by atoms with van der Waals surface area (Å²) in [5, 5.41) is 0. The summed E-state index contributed by atoms with van der Waals surface area (Å²) in [7, 11) is 0. The molecule has 0 aromatic rings. The lowest BCUT2D eigenvalue weighted by Crippen LogP contribution is -2.18. The van der Waals surface area contributed by atoms with Crippen LogP contribution in [0.25, 0.3) is 0 Å². The van der Waals surface area contributed by atoms with E-state index < -0.39 is 0 Å². The van der Waals surface area contributed by atoms with Gasteiger partial charge in [-0.15, -0.1) is 0 Å². The molecule has 3 aliphatic carbocycles. The summed E-state index contributed by atoms with van der Waals surface area (Å²) in [4.78, 5) is 0. The molecule has 3 rings (SSSR count). The first-order valence-corrected chi connectivity index (χ1v) is 4.83. The number of rotatable bonds is 0. The van der Waals surface area contributed by atoms with Crippen LogP contribution < -0.4 is 0 Å². The van der Waals surface area contributed by atoms with Gasteiger partial charge in [-0.3, -0.25) is 0 Å². The number of hydrogen-bond acceptors (Lipinski definition) is 0. The van der Waals surface area contributed by atoms with Crippen molar-refractivity contribution in [3.8, 4) is 0 Å². The zero-order valence-electron chi connectivity index (χ0n) is 6.77. The predicted molar refractivity (Wildman–Crippen MR) is 41.7 cm³/mol. The minimum absolute atomic E-state index is 0.920. The second-order valence-corrected chi connectivity index (χ2v) is 4.80. The van der Waals surface area contributed by atoms with Crippen LogP contribution in [0.4, 0.5) is 0 Å². The maximum atomic E-state index is 2.51. The number of fused-ring (bicyclic) bond motifs is 1. The monoisotopic (exact) mass is 136 g/mol. The Kier molecular flexibility index (Phi) is 0.810. The first-order valence-electron chi connectivity index (χ1n) is 4.83. The second-order valence-electron chi connectivity index (χ2n) is 4.80. The molecule has 3 fully saturated rings. The van der Waals surface area contributed by atoms with Crippen molar-refractivity contribution in [2.75, 3.05) is 0 Å². The molecule has 0 aromatic heterocycles. The molecule has 10 heavy (non-hydrogen) atoms. The van der Waals surface area contributed by atoms with Gasteiger partial charge in [-0.25, -0.2) is 0 Å². The third-order valence-electron chi connectivity index (χ3n) is 4.76. The zero-order valence-corrected chi connectivity index (χ0v) is 6.77. The standard InChI is InChI=1S/C10H16/c1-7-8-2-3-9-6-10(7,9)5-4-8/h7-9H,2-6H2,1H3. The highest BCUT2D eigenvalue weighted by Crippen LogP contribution is 2.72. The van der Waals surface area contributed by atoms with Gasteiger partial charge < -0.3 is 0 Å². The van der Waals surface area contributed by atoms with Crippen molar-refractivity contribution >= 4 is 0 Å². The van der Waals surface area contributed by atoms with Gasteiger partial charge >= 0.3 is 0 Å². The van der Waals surface area contributed by atoms with Crippen molar-refractivity contribution in [1.82, 2.24) is 0 Å². The van der Waals surface area contributed by atoms with Gasteiger partial charge in [0.2, 0.25) is 0 Å². The summed E-state index contributed by atoms with van der Waals surface area (Å²) < 4.78 is 0. The Bertz CT molecular complexity index is 171. The second kappa shape index (κ2) is 1.44. The van der Waals surface area contributed by atoms with E-state index in [4.69, 9.17) is 0 Å². The lowest BCUT2D eigenvalue weighted by atomic mass is 9.79. The normalized spacial score (nSPS) is 63.9. The van der Waals surface area contributed by atoms with Crippen LogP contribution in [-0.4, -0.2) is 0 Å². The van der Waals surface area contributed by atoms with Crippen molar-refractivity contribution in [1.29, 1.82) is 0 Å². The fraction of sp³-hybridized carbons (Fsp3) is 1.00. The molecule has 0 aliphatic heterocycles. The van der Waals surface area contributed by atoms with E-state index in [0.29, 0.717) is 0 Å². The highest BCUT2D eigenvalue weighted by molar-refractivity contribution is 5.13. The largest absolute Gasteiger partial charge is 0.0617 e. The summed E-state index contributed by atoms with van der Waals surface area (Å²) in [6.07, 6.45) is 7.90. The van der Waals surface area contributed by atoms with Crippen LogP contribution in [0.5, 0.6) is 0 Å². The Morgan fingerprint density at radius 1 is 1.20 bits per heavy atom. The average Bonchev–Trinajstić information content (AvgIpc) is 2.53. The van der Waals surface area contributed by atoms with Crippen LogP contribution in [0, 0.1) is 23.2 Å². The molecule has 0 nitrogen and oxygen atoms in total. The van der Waals surface area contributed by atoms with Crippen LogP contribution in [0.2, 0.25) is 0 Å². The fourth-order valence-corrected chi connectivity index (χ4v) is 3.86. The summed E-state index contributed by atoms with van der Waals surface area (Å²) in [5.41, 5.74) is 0.920. The first-order chi connectivity index (χ1) is 4.83. The third-order valence-corrected chi connectivity index (χ3v) is 4.76. The van der Waals surface area contributed by atoms with Gasteiger partial charge in [-0.2, -0.15) is 0 Å². The summed E-state index contributed by atoms with van der Waals surface area (Å²) in [6, 6.07) is 0. The quantitative estimate of drug-likeness (QED) is 0.480. The summed E-state index contributed by atoms with van der Waals surface area (Å²) >= 11 is 0. The lowest BCUT2D eigenvalue weighted by molar-refractivity contribution is 0.233. The van der Waals surface area contributed by atoms with Crippen molar-refractivity contribution in [2.45, 2.75) is 39.0 Å². The molecule has 1 spiro atoms. The smallest absolute Gasteiger partial charge is 0.0238 e. The van der Waals surface area contributed by atoms with Crippen molar-refractivity contribution < 1.29 is 0 Å². The molecule has 4 atom stereocenters. The zero-order chi connectivity index (χ0) is 6.77. The Labute approximate surface area is 63.0 Å². The van der Waals surface area contributed by atoms with Crippen molar-refractivity contribution in [2.24, 2.45) is 23.2 Å². The molecule has 2 bridgehead atoms. The molecule has 4 unspecified atom stereocenters. The van der Waals surface area contributed by atoms with Gasteiger partial charge in [0.1, 0.15) is 0 Å². The molecule has 0 heteroatoms. The van der Waals surface area contributed by atoms with Crippen molar-refractivity contribution in [3.05, 3.63) is 0 Å². The number of hydrogen-bond donors (Lipinski definition) is 0. The maximum absolute atomic E-state index is 2.51. The van der Waals surface area contributed by atoms with E-state index in [9.17, 15) is 0 Å². The van der Waals surface area contributed by atoms with E-state index in [2.05, 4.69) is 6.92 Å². The molecule has 0 N–H and O–H groups in total. The van der Waals surface area contributed by atoms with E-state index in [0.717, 1.165) is 17.3 Å². The minimum Gasteiger partial charge on any atom is -0.0617 e. The fourth-order valence-electron chi connectivity index (χ4n) is 3.86. The van der Waals surface area contributed by atoms with E-state index in [1.807, 2.05) is 0 Å². The van der Waals surface area contributed by atoms with Gasteiger partial charge in [0.05, 0.1) is 0 Å². The molecular weight excluding hydrogens is 120 g/mol. The summed E-state index contributed by atoms with van der Waals surface area (Å²) in [5.74, 6) is 3.42. The SMILES string of the molecule is CC1C2CCC3CC31CC2. The van der Waals surface area contributed by atoms with E-state index in [1.165, 1.54) is 5.92 Å². The predicted octanol–water partition coefficient (Wildman–Crippen LogP) is 2.83. The Hall–Kier alpha value is 0. The van der Waals surface area contributed by atoms with Crippen LogP contribution in [0.3, 0.4) is 0 Å². The molecule has 0 saturated heterocycles. The molecule has 3 aliphatic rings. The third kappa shape index (κ3) is 0.436. The Balaban J connectivity index is 2.00. The topological polar surface area (TPSA) is 0 Å². The Morgan fingerprint density at radius 3 is 2.90 bits per heavy atom. The first kappa shape index (κ1) is 5.62. The highest BCUT2D eigenvalue weighted by atomic mass is 14.7. The van der Waals surface area contributed by atoms with Gasteiger partial charge in [0.25, 0.3) is 0 Å². The van der Waals surface area contributed by atoms with Crippen LogP contribution in [0.1, 0.15) is 39.0 Å². The molecule has 3 saturated carbocycles. The van der Waals surface area contributed by atoms with Gasteiger partial charge in [0.15, 0.2) is 0 Å². The van der Waals surface area contributed by atoms with E-state index >= 15 is 0 Å². The van der Waals surface area contributed by atoms with Gasteiger partial charge in [-0.1, -0.05) is 6.92 Å². The summed E-state index contributed by atoms with van der Waals surface area (Å²) in [6.45, 7) is 2.51. The highest BCUT2D eigenvalue weighted by Gasteiger charge is 2.63. The van der Waals surface area contributed by atoms with Crippen LogP contribution >= 0.6 is 0 Å². The van der Waals surface area contributed by atoms with Gasteiger partial charge in [0, 0.05) is 0 Å². The molecule has 0 amide bonds. The van der Waals surface area contributed by atoms with Crippen LogP contribution in [0.15, 0.2) is 0 Å². The average molecular weight is 136 g/mol. The maximum Gasteiger partial charge on any atom is -0.0238 e. The van der Waals surface area contributed by atoms with E-state index in [-0.39, 0.29) is 0 Å². The van der Waals surface area contributed by atoms with Crippen LogP contribution in [-0.2, 0) is 0 Å². The minimum atomic E-state index is 0.920. The molecule has 0 radical (unpaired) electrons. The molecular formula is C10H16. The van der Waals surface area contributed by atoms with E-state index in [1.54, 1.807) is 32.1 Å². The molecule has 0 heterocycles. The van der Waals surface area contributed by atoms with Crippen molar-refractivity contribution in [3.63, 3.8) is 0 Å².